The van der Waals surface area contributed by atoms with E-state index in [9.17, 15) is 8.42 Å². The zero-order chi connectivity index (χ0) is 14.9. The van der Waals surface area contributed by atoms with Crippen LogP contribution >= 0.6 is 15.9 Å². The van der Waals surface area contributed by atoms with Gasteiger partial charge in [0.15, 0.2) is 0 Å². The summed E-state index contributed by atoms with van der Waals surface area (Å²) in [5.74, 6) is 0.339. The van der Waals surface area contributed by atoms with E-state index in [1.807, 2.05) is 6.07 Å². The predicted octanol–water partition coefficient (Wildman–Crippen LogP) is 2.16. The third-order valence-electron chi connectivity index (χ3n) is 2.62. The minimum atomic E-state index is -3.85. The molecular weight excluding hydrogens is 344 g/mol. The van der Waals surface area contributed by atoms with E-state index >= 15 is 0 Å². The van der Waals surface area contributed by atoms with E-state index in [-0.39, 0.29) is 10.5 Å². The normalized spacial score (nSPS) is 11.1. The van der Waals surface area contributed by atoms with Gasteiger partial charge in [-0.05, 0) is 35.0 Å². The quantitative estimate of drug-likeness (QED) is 0.914. The molecule has 0 fully saturated rings. The lowest BCUT2D eigenvalue weighted by atomic mass is 10.2. The number of halogens is 1. The highest BCUT2D eigenvalue weighted by molar-refractivity contribution is 9.10. The molecule has 1 heterocycles. The van der Waals surface area contributed by atoms with Crippen molar-refractivity contribution < 1.29 is 8.42 Å². The fraction of sp³-hybridized carbons (Fsp3) is 0.167. The molecule has 0 saturated heterocycles. The SMILES string of the molecule is Cc1cc(NS(=O)(=O)c2cccc(Br)c2C#N)n(C)n1. The first-order chi connectivity index (χ1) is 9.35. The lowest BCUT2D eigenvalue weighted by molar-refractivity contribution is 0.600. The van der Waals surface area contributed by atoms with Crippen LogP contribution in [-0.4, -0.2) is 18.2 Å². The molecule has 0 aliphatic rings. The van der Waals surface area contributed by atoms with Gasteiger partial charge in [0.05, 0.1) is 11.3 Å². The van der Waals surface area contributed by atoms with Gasteiger partial charge in [-0.2, -0.15) is 10.4 Å². The molecule has 1 N–H and O–H groups in total. The van der Waals surface area contributed by atoms with E-state index in [1.54, 1.807) is 32.2 Å². The maximum Gasteiger partial charge on any atom is 0.264 e. The summed E-state index contributed by atoms with van der Waals surface area (Å²) in [4.78, 5) is -0.0757. The molecule has 0 bridgehead atoms. The van der Waals surface area contributed by atoms with Crippen molar-refractivity contribution in [1.29, 1.82) is 5.26 Å². The maximum atomic E-state index is 12.4. The van der Waals surface area contributed by atoms with E-state index in [1.165, 1.54) is 10.7 Å². The summed E-state index contributed by atoms with van der Waals surface area (Å²) < 4.78 is 29.0. The van der Waals surface area contributed by atoms with Crippen LogP contribution in [0.4, 0.5) is 5.82 Å². The van der Waals surface area contributed by atoms with Crippen LogP contribution in [0.15, 0.2) is 33.6 Å². The van der Waals surface area contributed by atoms with Crippen LogP contribution in [0.25, 0.3) is 0 Å². The van der Waals surface area contributed by atoms with E-state index in [0.717, 1.165) is 0 Å². The number of rotatable bonds is 3. The van der Waals surface area contributed by atoms with E-state index < -0.39 is 10.0 Å². The first-order valence-corrected chi connectivity index (χ1v) is 7.85. The number of nitrogens with zero attached hydrogens (tertiary/aromatic N) is 3. The van der Waals surface area contributed by atoms with Crippen molar-refractivity contribution in [2.75, 3.05) is 4.72 Å². The first kappa shape index (κ1) is 14.6. The number of aryl methyl sites for hydroxylation is 2. The number of hydrogen-bond donors (Lipinski definition) is 1. The number of nitriles is 1. The average molecular weight is 355 g/mol. The lowest BCUT2D eigenvalue weighted by Crippen LogP contribution is -2.16. The smallest absolute Gasteiger partial charge is 0.264 e. The maximum absolute atomic E-state index is 12.4. The van der Waals surface area contributed by atoms with Gasteiger partial charge in [-0.3, -0.25) is 9.40 Å². The molecule has 0 atom stereocenters. The molecule has 0 unspecified atom stereocenters. The minimum Gasteiger partial charge on any atom is -0.264 e. The fourth-order valence-corrected chi connectivity index (χ4v) is 3.58. The lowest BCUT2D eigenvalue weighted by Gasteiger charge is -2.09. The van der Waals surface area contributed by atoms with Crippen LogP contribution in [0.2, 0.25) is 0 Å². The Labute approximate surface area is 125 Å². The van der Waals surface area contributed by atoms with Crippen molar-refractivity contribution in [2.24, 2.45) is 7.05 Å². The summed E-state index contributed by atoms with van der Waals surface area (Å²) >= 11 is 3.17. The fourth-order valence-electron chi connectivity index (χ4n) is 1.74. The highest BCUT2D eigenvalue weighted by Gasteiger charge is 2.21. The zero-order valence-electron chi connectivity index (χ0n) is 10.8. The molecule has 104 valence electrons. The van der Waals surface area contributed by atoms with Crippen molar-refractivity contribution in [1.82, 2.24) is 9.78 Å². The van der Waals surface area contributed by atoms with E-state index in [4.69, 9.17) is 5.26 Å². The Balaban J connectivity index is 2.50. The van der Waals surface area contributed by atoms with E-state index in [2.05, 4.69) is 25.8 Å². The van der Waals surface area contributed by atoms with Gasteiger partial charge in [0, 0.05) is 17.6 Å². The summed E-state index contributed by atoms with van der Waals surface area (Å²) in [5, 5.41) is 13.2. The van der Waals surface area contributed by atoms with Gasteiger partial charge >= 0.3 is 0 Å². The number of anilines is 1. The molecular formula is C12H11BrN4O2S. The predicted molar refractivity (Wildman–Crippen MR) is 77.6 cm³/mol. The molecule has 6 nitrogen and oxygen atoms in total. The molecule has 0 radical (unpaired) electrons. The molecule has 1 aromatic heterocycles. The van der Waals surface area contributed by atoms with Gasteiger partial charge < -0.3 is 0 Å². The van der Waals surface area contributed by atoms with Crippen LogP contribution in [0, 0.1) is 18.3 Å². The summed E-state index contributed by atoms with van der Waals surface area (Å²) in [7, 11) is -2.22. The molecule has 0 amide bonds. The van der Waals surface area contributed by atoms with Gasteiger partial charge in [-0.15, -0.1) is 0 Å². The molecule has 8 heteroatoms. The third-order valence-corrected chi connectivity index (χ3v) is 4.68. The molecule has 1 aromatic carbocycles. The number of benzene rings is 1. The standard InChI is InChI=1S/C12H11BrN4O2S/c1-8-6-12(17(2)15-8)16-20(18,19)11-5-3-4-10(13)9(11)7-14/h3-6,16H,1-2H3. The van der Waals surface area contributed by atoms with Crippen LogP contribution in [-0.2, 0) is 17.1 Å². The molecule has 2 rings (SSSR count). The van der Waals surface area contributed by atoms with Gasteiger partial charge in [-0.1, -0.05) is 6.07 Å². The molecule has 2 aromatic rings. The number of nitrogens with one attached hydrogen (secondary N) is 1. The number of sulfonamides is 1. The Morgan fingerprint density at radius 3 is 2.70 bits per heavy atom. The van der Waals surface area contributed by atoms with Crippen LogP contribution in [0.5, 0.6) is 0 Å². The summed E-state index contributed by atoms with van der Waals surface area (Å²) in [6.07, 6.45) is 0. The molecule has 0 aliphatic heterocycles. The summed E-state index contributed by atoms with van der Waals surface area (Å²) in [6, 6.07) is 8.06. The molecule has 0 spiro atoms. The first-order valence-electron chi connectivity index (χ1n) is 5.57. The van der Waals surface area contributed by atoms with Crippen molar-refractivity contribution in [2.45, 2.75) is 11.8 Å². The second kappa shape index (κ2) is 5.26. The molecule has 0 aliphatic carbocycles. The molecule has 20 heavy (non-hydrogen) atoms. The second-order valence-corrected chi connectivity index (χ2v) is 6.63. The average Bonchev–Trinajstić information content (AvgIpc) is 2.66. The van der Waals surface area contributed by atoms with Gasteiger partial charge in [0.25, 0.3) is 10.0 Å². The van der Waals surface area contributed by atoms with Crippen molar-refractivity contribution in [3.05, 3.63) is 40.0 Å². The second-order valence-electron chi connectivity index (χ2n) is 4.12. The topological polar surface area (TPSA) is 87.8 Å². The zero-order valence-corrected chi connectivity index (χ0v) is 13.2. The highest BCUT2D eigenvalue weighted by Crippen LogP contribution is 2.25. The van der Waals surface area contributed by atoms with Gasteiger partial charge in [-0.25, -0.2) is 8.42 Å². The Morgan fingerprint density at radius 1 is 1.45 bits per heavy atom. The monoisotopic (exact) mass is 354 g/mol. The Bertz CT molecular complexity index is 805. The summed E-state index contributed by atoms with van der Waals surface area (Å²) in [5.41, 5.74) is 0.763. The van der Waals surface area contributed by atoms with Crippen LogP contribution in [0.1, 0.15) is 11.3 Å². The Kier molecular flexibility index (Phi) is 3.83. The van der Waals surface area contributed by atoms with Crippen molar-refractivity contribution >= 4 is 31.8 Å². The largest absolute Gasteiger partial charge is 0.264 e. The number of aromatic nitrogens is 2. The van der Waals surface area contributed by atoms with Crippen molar-refractivity contribution in [3.63, 3.8) is 0 Å². The van der Waals surface area contributed by atoms with E-state index in [0.29, 0.717) is 16.0 Å². The van der Waals surface area contributed by atoms with Gasteiger partial charge in [0.2, 0.25) is 0 Å². The van der Waals surface area contributed by atoms with Crippen LogP contribution < -0.4 is 4.72 Å². The summed E-state index contributed by atoms with van der Waals surface area (Å²) in [6.45, 7) is 1.76. The Morgan fingerprint density at radius 2 is 2.15 bits per heavy atom. The third kappa shape index (κ3) is 2.69. The number of hydrogen-bond acceptors (Lipinski definition) is 4. The van der Waals surface area contributed by atoms with Crippen LogP contribution in [0.3, 0.4) is 0 Å². The van der Waals surface area contributed by atoms with Crippen molar-refractivity contribution in [3.8, 4) is 6.07 Å². The van der Waals surface area contributed by atoms with Gasteiger partial charge in [0.1, 0.15) is 16.8 Å². The highest BCUT2D eigenvalue weighted by atomic mass is 79.9. The minimum absolute atomic E-state index is 0.0684. The molecule has 0 saturated carbocycles. The Hall–Kier alpha value is -1.85.